The van der Waals surface area contributed by atoms with Crippen LogP contribution in [0.3, 0.4) is 0 Å². The number of hydrogen-bond acceptors (Lipinski definition) is 4. The first kappa shape index (κ1) is 13.2. The molecule has 5 heteroatoms. The molecule has 0 aromatic heterocycles. The zero-order valence-electron chi connectivity index (χ0n) is 10.8. The molecule has 2 rings (SSSR count). The van der Waals surface area contributed by atoms with Crippen LogP contribution in [0.2, 0.25) is 0 Å². The van der Waals surface area contributed by atoms with E-state index in [4.69, 9.17) is 5.26 Å². The average Bonchev–Trinajstić information content (AvgIpc) is 2.39. The normalized spacial score (nSPS) is 17.8. The highest BCUT2D eigenvalue weighted by Gasteiger charge is 2.33. The van der Waals surface area contributed by atoms with Crippen LogP contribution in [-0.2, 0) is 0 Å². The van der Waals surface area contributed by atoms with E-state index in [1.54, 1.807) is 4.90 Å². The Morgan fingerprint density at radius 1 is 1.32 bits per heavy atom. The van der Waals surface area contributed by atoms with Crippen molar-refractivity contribution in [3.8, 4) is 17.6 Å². The van der Waals surface area contributed by atoms with Crippen LogP contribution in [0.4, 0.5) is 0 Å². The predicted molar refractivity (Wildman–Crippen MR) is 68.6 cm³/mol. The number of rotatable bonds is 1. The first-order valence-electron chi connectivity index (χ1n) is 6.18. The van der Waals surface area contributed by atoms with Gasteiger partial charge in [0.2, 0.25) is 0 Å². The third kappa shape index (κ3) is 2.48. The van der Waals surface area contributed by atoms with Gasteiger partial charge in [0.1, 0.15) is 17.1 Å². The summed E-state index contributed by atoms with van der Waals surface area (Å²) in [7, 11) is 0. The lowest BCUT2D eigenvalue weighted by atomic mass is 9.82. The van der Waals surface area contributed by atoms with Gasteiger partial charge < -0.3 is 15.1 Å². The fraction of sp³-hybridized carbons (Fsp3) is 0.429. The van der Waals surface area contributed by atoms with Crippen LogP contribution in [0, 0.1) is 16.7 Å². The summed E-state index contributed by atoms with van der Waals surface area (Å²) < 4.78 is 0. The SMILES string of the molecule is CC1(C#N)CCN(C(=O)c2c(O)cccc2O)CC1. The molecule has 1 saturated heterocycles. The molecular formula is C14H16N2O3. The summed E-state index contributed by atoms with van der Waals surface area (Å²) in [6.45, 7) is 2.79. The van der Waals surface area contributed by atoms with Gasteiger partial charge in [0, 0.05) is 13.1 Å². The molecule has 2 N–H and O–H groups in total. The molecule has 19 heavy (non-hydrogen) atoms. The maximum Gasteiger partial charge on any atom is 0.261 e. The second-order valence-electron chi connectivity index (χ2n) is 5.14. The van der Waals surface area contributed by atoms with Gasteiger partial charge in [-0.05, 0) is 31.9 Å². The van der Waals surface area contributed by atoms with Crippen molar-refractivity contribution in [1.82, 2.24) is 4.90 Å². The lowest BCUT2D eigenvalue weighted by Crippen LogP contribution is -2.41. The van der Waals surface area contributed by atoms with Gasteiger partial charge in [0.25, 0.3) is 5.91 Å². The molecule has 1 aromatic rings. The summed E-state index contributed by atoms with van der Waals surface area (Å²) in [4.78, 5) is 13.8. The van der Waals surface area contributed by atoms with Gasteiger partial charge >= 0.3 is 0 Å². The Morgan fingerprint density at radius 2 is 1.84 bits per heavy atom. The van der Waals surface area contributed by atoms with Crippen LogP contribution in [0.5, 0.6) is 11.5 Å². The van der Waals surface area contributed by atoms with Crippen molar-refractivity contribution in [2.75, 3.05) is 13.1 Å². The molecule has 0 atom stereocenters. The molecule has 100 valence electrons. The fourth-order valence-electron chi connectivity index (χ4n) is 2.22. The van der Waals surface area contributed by atoms with Crippen LogP contribution < -0.4 is 0 Å². The Kier molecular flexibility index (Phi) is 3.34. The third-order valence-electron chi connectivity index (χ3n) is 3.66. The lowest BCUT2D eigenvalue weighted by molar-refractivity contribution is 0.0655. The molecule has 0 spiro atoms. The van der Waals surface area contributed by atoms with Gasteiger partial charge in [-0.3, -0.25) is 4.79 Å². The quantitative estimate of drug-likeness (QED) is 0.807. The molecular weight excluding hydrogens is 244 g/mol. The van der Waals surface area contributed by atoms with Crippen molar-refractivity contribution in [2.24, 2.45) is 5.41 Å². The molecule has 1 amide bonds. The second kappa shape index (κ2) is 4.81. The lowest BCUT2D eigenvalue weighted by Gasteiger charge is -2.35. The number of hydrogen-bond donors (Lipinski definition) is 2. The number of piperidine rings is 1. The highest BCUT2D eigenvalue weighted by atomic mass is 16.3. The van der Waals surface area contributed by atoms with E-state index in [0.29, 0.717) is 25.9 Å². The number of aromatic hydroxyl groups is 2. The van der Waals surface area contributed by atoms with E-state index in [0.717, 1.165) is 0 Å². The molecule has 1 aliphatic heterocycles. The first-order chi connectivity index (χ1) is 8.97. The summed E-state index contributed by atoms with van der Waals surface area (Å²) in [5.74, 6) is -0.840. The Morgan fingerprint density at radius 3 is 2.32 bits per heavy atom. The first-order valence-corrected chi connectivity index (χ1v) is 6.18. The number of benzene rings is 1. The van der Waals surface area contributed by atoms with Crippen LogP contribution in [0.25, 0.3) is 0 Å². The van der Waals surface area contributed by atoms with Crippen molar-refractivity contribution in [2.45, 2.75) is 19.8 Å². The standard InChI is InChI=1S/C14H16N2O3/c1-14(9-15)5-7-16(8-6-14)13(19)12-10(17)3-2-4-11(12)18/h2-4,17-18H,5-8H2,1H3. The van der Waals surface area contributed by atoms with Gasteiger partial charge in [0.15, 0.2) is 0 Å². The number of phenols is 2. The van der Waals surface area contributed by atoms with Crippen LogP contribution in [-0.4, -0.2) is 34.1 Å². The summed E-state index contributed by atoms with van der Waals surface area (Å²) >= 11 is 0. The van der Waals surface area contributed by atoms with Crippen molar-refractivity contribution in [1.29, 1.82) is 5.26 Å². The molecule has 1 fully saturated rings. The Hall–Kier alpha value is -2.22. The molecule has 5 nitrogen and oxygen atoms in total. The van der Waals surface area contributed by atoms with Gasteiger partial charge in [-0.15, -0.1) is 0 Å². The van der Waals surface area contributed by atoms with E-state index in [1.807, 2.05) is 6.92 Å². The van der Waals surface area contributed by atoms with Crippen LogP contribution >= 0.6 is 0 Å². The number of likely N-dealkylation sites (tertiary alicyclic amines) is 1. The topological polar surface area (TPSA) is 84.6 Å². The highest BCUT2D eigenvalue weighted by Crippen LogP contribution is 2.33. The van der Waals surface area contributed by atoms with E-state index in [-0.39, 0.29) is 17.1 Å². The second-order valence-corrected chi connectivity index (χ2v) is 5.14. The monoisotopic (exact) mass is 260 g/mol. The van der Waals surface area contributed by atoms with Gasteiger partial charge in [-0.25, -0.2) is 0 Å². The van der Waals surface area contributed by atoms with Crippen molar-refractivity contribution >= 4 is 5.91 Å². The predicted octanol–water partition coefficient (Wildman–Crippen LogP) is 1.86. The summed E-state index contributed by atoms with van der Waals surface area (Å²) in [6.07, 6.45) is 1.20. The maximum atomic E-state index is 12.3. The van der Waals surface area contributed by atoms with E-state index < -0.39 is 11.3 Å². The fourth-order valence-corrected chi connectivity index (χ4v) is 2.22. The number of nitrogens with zero attached hydrogens (tertiary/aromatic N) is 2. The minimum atomic E-state index is -0.393. The smallest absolute Gasteiger partial charge is 0.261 e. The Balaban J connectivity index is 2.17. The van der Waals surface area contributed by atoms with Crippen molar-refractivity contribution in [3.05, 3.63) is 23.8 Å². The van der Waals surface area contributed by atoms with Gasteiger partial charge in [0.05, 0.1) is 11.5 Å². The Labute approximate surface area is 111 Å². The Bertz CT molecular complexity index is 520. The number of amides is 1. The molecule has 0 aliphatic carbocycles. The van der Waals surface area contributed by atoms with E-state index in [2.05, 4.69) is 6.07 Å². The molecule has 0 saturated carbocycles. The number of nitriles is 1. The molecule has 0 bridgehead atoms. The van der Waals surface area contributed by atoms with E-state index in [1.165, 1.54) is 18.2 Å². The maximum absolute atomic E-state index is 12.3. The summed E-state index contributed by atoms with van der Waals surface area (Å²) in [5.41, 5.74) is -0.458. The van der Waals surface area contributed by atoms with Gasteiger partial charge in [-0.2, -0.15) is 5.26 Å². The van der Waals surface area contributed by atoms with E-state index in [9.17, 15) is 15.0 Å². The van der Waals surface area contributed by atoms with E-state index >= 15 is 0 Å². The zero-order chi connectivity index (χ0) is 14.0. The van der Waals surface area contributed by atoms with Crippen LogP contribution in [0.15, 0.2) is 18.2 Å². The third-order valence-corrected chi connectivity index (χ3v) is 3.66. The molecule has 1 heterocycles. The van der Waals surface area contributed by atoms with Crippen molar-refractivity contribution < 1.29 is 15.0 Å². The van der Waals surface area contributed by atoms with Crippen molar-refractivity contribution in [3.63, 3.8) is 0 Å². The summed E-state index contributed by atoms with van der Waals surface area (Å²) in [6, 6.07) is 6.48. The minimum absolute atomic E-state index is 0.0666. The number of carbonyl (C=O) groups is 1. The molecule has 1 aromatic carbocycles. The minimum Gasteiger partial charge on any atom is -0.507 e. The zero-order valence-corrected chi connectivity index (χ0v) is 10.8. The summed E-state index contributed by atoms with van der Waals surface area (Å²) in [5, 5.41) is 28.4. The molecule has 1 aliphatic rings. The highest BCUT2D eigenvalue weighted by molar-refractivity contribution is 5.99. The number of carbonyl (C=O) groups excluding carboxylic acids is 1. The van der Waals surface area contributed by atoms with Gasteiger partial charge in [-0.1, -0.05) is 6.07 Å². The largest absolute Gasteiger partial charge is 0.507 e. The molecule has 0 radical (unpaired) electrons. The van der Waals surface area contributed by atoms with Crippen LogP contribution in [0.1, 0.15) is 30.1 Å². The average molecular weight is 260 g/mol. The molecule has 0 unspecified atom stereocenters. The number of phenolic OH excluding ortho intramolecular Hbond substituents is 2.